The van der Waals surface area contributed by atoms with Gasteiger partial charge in [-0.1, -0.05) is 12.1 Å². The first-order chi connectivity index (χ1) is 15.6. The number of hydrogen-bond donors (Lipinski definition) is 2. The zero-order valence-corrected chi connectivity index (χ0v) is 17.3. The summed E-state index contributed by atoms with van der Waals surface area (Å²) in [6.45, 7) is 1.21. The minimum absolute atomic E-state index is 0.222. The highest BCUT2D eigenvalue weighted by Crippen LogP contribution is 2.38. The van der Waals surface area contributed by atoms with Gasteiger partial charge in [0.1, 0.15) is 17.3 Å². The number of pyridine rings is 1. The average Bonchev–Trinajstić information content (AvgIpc) is 2.77. The van der Waals surface area contributed by atoms with Crippen molar-refractivity contribution in [3.8, 4) is 0 Å². The van der Waals surface area contributed by atoms with Crippen molar-refractivity contribution in [3.05, 3.63) is 69.9 Å². The number of alkyl halides is 3. The molecule has 0 bridgehead atoms. The molecule has 11 heteroatoms. The van der Waals surface area contributed by atoms with E-state index in [1.807, 2.05) is 4.90 Å². The van der Waals surface area contributed by atoms with E-state index in [-0.39, 0.29) is 22.7 Å². The van der Waals surface area contributed by atoms with E-state index in [4.69, 9.17) is 0 Å². The lowest BCUT2D eigenvalue weighted by Crippen LogP contribution is -2.33. The van der Waals surface area contributed by atoms with E-state index in [9.17, 15) is 32.3 Å². The second-order valence-electron chi connectivity index (χ2n) is 7.78. The highest BCUT2D eigenvalue weighted by atomic mass is 19.4. The monoisotopic (exact) mass is 464 g/mol. The molecule has 0 radical (unpaired) electrons. The van der Waals surface area contributed by atoms with Crippen LogP contribution in [0.25, 0.3) is 5.65 Å². The van der Waals surface area contributed by atoms with E-state index in [0.717, 1.165) is 35.9 Å². The van der Waals surface area contributed by atoms with Gasteiger partial charge in [0.2, 0.25) is 0 Å². The molecule has 33 heavy (non-hydrogen) atoms. The molecule has 0 amide bonds. The maximum absolute atomic E-state index is 14.3. The van der Waals surface area contributed by atoms with Gasteiger partial charge < -0.3 is 15.3 Å². The molecule has 0 aliphatic carbocycles. The van der Waals surface area contributed by atoms with Crippen LogP contribution >= 0.6 is 0 Å². The Morgan fingerprint density at radius 3 is 2.48 bits per heavy atom. The van der Waals surface area contributed by atoms with Crippen LogP contribution in [0.3, 0.4) is 0 Å². The van der Waals surface area contributed by atoms with Gasteiger partial charge in [0.05, 0.1) is 5.56 Å². The Hall–Kier alpha value is -3.63. The maximum Gasteiger partial charge on any atom is 0.412 e. The number of piperidine rings is 1. The van der Waals surface area contributed by atoms with Crippen LogP contribution in [-0.2, 0) is 0 Å². The van der Waals surface area contributed by atoms with Gasteiger partial charge in [-0.3, -0.25) is 9.20 Å². The van der Waals surface area contributed by atoms with E-state index in [2.05, 4.69) is 10.3 Å². The molecule has 0 unspecified atom stereocenters. The highest BCUT2D eigenvalue weighted by Gasteiger charge is 2.43. The minimum atomic E-state index is -4.96. The zero-order valence-electron chi connectivity index (χ0n) is 17.3. The predicted octanol–water partition coefficient (Wildman–Crippen LogP) is 4.24. The number of carboxylic acid groups (broad SMARTS) is 1. The Bertz CT molecular complexity index is 1250. The number of nitrogens with one attached hydrogen (secondary N) is 1. The molecule has 1 aromatic carbocycles. The summed E-state index contributed by atoms with van der Waals surface area (Å²) in [6, 6.07) is 4.41. The topological polar surface area (TPSA) is 86.9 Å². The summed E-state index contributed by atoms with van der Waals surface area (Å²) < 4.78 is 57.6. The lowest BCUT2D eigenvalue weighted by atomic mass is 10.1. The first-order valence-electron chi connectivity index (χ1n) is 10.3. The number of para-hydroxylation sites is 1. The van der Waals surface area contributed by atoms with E-state index in [1.165, 1.54) is 24.3 Å². The molecule has 7 nitrogen and oxygen atoms in total. The van der Waals surface area contributed by atoms with Gasteiger partial charge in [0.25, 0.3) is 5.56 Å². The van der Waals surface area contributed by atoms with Gasteiger partial charge in [-0.05, 0) is 37.5 Å². The third-order valence-corrected chi connectivity index (χ3v) is 5.52. The molecule has 174 valence electrons. The fourth-order valence-electron chi connectivity index (χ4n) is 3.97. The maximum atomic E-state index is 14.3. The fourth-order valence-corrected chi connectivity index (χ4v) is 3.97. The van der Waals surface area contributed by atoms with Crippen molar-refractivity contribution in [3.63, 3.8) is 0 Å². The third-order valence-electron chi connectivity index (χ3n) is 5.52. The summed E-state index contributed by atoms with van der Waals surface area (Å²) in [6.07, 6.45) is -1.46. The summed E-state index contributed by atoms with van der Waals surface area (Å²) in [5, 5.41) is 11.5. The van der Waals surface area contributed by atoms with E-state index in [0.29, 0.717) is 19.2 Å². The number of aromatic nitrogens is 2. The lowest BCUT2D eigenvalue weighted by Gasteiger charge is -2.28. The number of hydrogen-bond acceptors (Lipinski definition) is 5. The number of carboxylic acids is 1. The van der Waals surface area contributed by atoms with Crippen LogP contribution in [0.15, 0.2) is 47.4 Å². The van der Waals surface area contributed by atoms with Crippen molar-refractivity contribution < 1.29 is 27.5 Å². The van der Waals surface area contributed by atoms with Crippen molar-refractivity contribution >= 4 is 23.1 Å². The third kappa shape index (κ3) is 4.62. The number of fused-ring (bicyclic) bond motifs is 1. The summed E-state index contributed by atoms with van der Waals surface area (Å²) in [5.74, 6) is -2.26. The average molecular weight is 464 g/mol. The molecule has 2 N–H and O–H groups in total. The summed E-state index contributed by atoms with van der Waals surface area (Å²) in [5.41, 5.74) is -2.38. The number of halogens is 4. The molecular weight excluding hydrogens is 444 g/mol. The van der Waals surface area contributed by atoms with Crippen LogP contribution in [0, 0.1) is 5.82 Å². The van der Waals surface area contributed by atoms with Crippen LogP contribution in [0.1, 0.15) is 41.2 Å². The van der Waals surface area contributed by atoms with Gasteiger partial charge in [0, 0.05) is 36.6 Å². The molecule has 3 heterocycles. The normalized spacial score (nSPS) is 15.5. The quantitative estimate of drug-likeness (QED) is 0.550. The SMILES string of the molecule is O=C(O)c1ccccc1N[C@@H](c1cc(F)cn2c(=O)cc(N3CCCCC3)nc12)C(F)(F)F. The van der Waals surface area contributed by atoms with E-state index < -0.39 is 35.1 Å². The molecule has 1 aliphatic rings. The number of nitrogens with zero attached hydrogens (tertiary/aromatic N) is 3. The summed E-state index contributed by atoms with van der Waals surface area (Å²) in [7, 11) is 0. The Labute approximate surface area is 185 Å². The Morgan fingerprint density at radius 2 is 1.82 bits per heavy atom. The molecule has 0 saturated carbocycles. The lowest BCUT2D eigenvalue weighted by molar-refractivity contribution is -0.143. The number of carbonyl (C=O) groups is 1. The van der Waals surface area contributed by atoms with Gasteiger partial charge in [-0.25, -0.2) is 14.2 Å². The van der Waals surface area contributed by atoms with Gasteiger partial charge >= 0.3 is 12.1 Å². The van der Waals surface area contributed by atoms with Crippen LogP contribution in [-0.4, -0.2) is 39.7 Å². The van der Waals surface area contributed by atoms with Crippen LogP contribution < -0.4 is 15.8 Å². The van der Waals surface area contributed by atoms with Gasteiger partial charge in [-0.15, -0.1) is 0 Å². The number of anilines is 2. The van der Waals surface area contributed by atoms with Gasteiger partial charge in [0.15, 0.2) is 6.04 Å². The molecule has 1 atom stereocenters. The molecular formula is C22H20F4N4O3. The molecule has 1 aliphatic heterocycles. The van der Waals surface area contributed by atoms with Crippen molar-refractivity contribution in [1.82, 2.24) is 9.38 Å². The number of aromatic carboxylic acids is 1. The van der Waals surface area contributed by atoms with Crippen LogP contribution in [0.2, 0.25) is 0 Å². The first kappa shape index (κ1) is 22.6. The predicted molar refractivity (Wildman–Crippen MR) is 113 cm³/mol. The van der Waals surface area contributed by atoms with E-state index in [1.54, 1.807) is 0 Å². The Morgan fingerprint density at radius 1 is 1.12 bits per heavy atom. The highest BCUT2D eigenvalue weighted by molar-refractivity contribution is 5.94. The van der Waals surface area contributed by atoms with Crippen LogP contribution in [0.5, 0.6) is 0 Å². The zero-order chi connectivity index (χ0) is 23.8. The summed E-state index contributed by atoms with van der Waals surface area (Å²) >= 11 is 0. The standard InChI is InChI=1S/C22H20F4N4O3/c23-13-10-15(19(22(24,25)26)27-16-7-3-2-6-14(16)21(32)33)20-28-17(11-18(31)30(20)12-13)29-8-4-1-5-9-29/h2-3,6-7,10-12,19,27H,1,4-5,8-9H2,(H,32,33)/t19-/m0/s1. The fraction of sp³-hybridized carbons (Fsp3) is 0.318. The van der Waals surface area contributed by atoms with Crippen molar-refractivity contribution in [2.45, 2.75) is 31.5 Å². The molecule has 1 saturated heterocycles. The second-order valence-corrected chi connectivity index (χ2v) is 7.78. The minimum Gasteiger partial charge on any atom is -0.478 e. The Kier molecular flexibility index (Phi) is 5.96. The number of rotatable bonds is 5. The largest absolute Gasteiger partial charge is 0.478 e. The molecule has 2 aromatic heterocycles. The van der Waals surface area contributed by atoms with Crippen molar-refractivity contribution in [2.24, 2.45) is 0 Å². The van der Waals surface area contributed by atoms with Crippen molar-refractivity contribution in [1.29, 1.82) is 0 Å². The number of benzene rings is 1. The molecule has 1 fully saturated rings. The van der Waals surface area contributed by atoms with E-state index >= 15 is 0 Å². The molecule has 3 aromatic rings. The summed E-state index contributed by atoms with van der Waals surface area (Å²) in [4.78, 5) is 30.3. The first-order valence-corrected chi connectivity index (χ1v) is 10.3. The van der Waals surface area contributed by atoms with Crippen LogP contribution in [0.4, 0.5) is 29.1 Å². The Balaban J connectivity index is 1.90. The van der Waals surface area contributed by atoms with Gasteiger partial charge in [-0.2, -0.15) is 13.2 Å². The smallest absolute Gasteiger partial charge is 0.412 e. The molecule has 0 spiro atoms. The van der Waals surface area contributed by atoms with Crippen molar-refractivity contribution in [2.75, 3.05) is 23.3 Å². The molecule has 4 rings (SSSR count). The second kappa shape index (κ2) is 8.72.